The van der Waals surface area contributed by atoms with Crippen molar-refractivity contribution in [3.63, 3.8) is 0 Å². The lowest BCUT2D eigenvalue weighted by Crippen LogP contribution is -2.64. The Labute approximate surface area is 107 Å². The summed E-state index contributed by atoms with van der Waals surface area (Å²) in [6.07, 6.45) is 3.46. The third-order valence-electron chi connectivity index (χ3n) is 3.38. The molecule has 0 saturated carbocycles. The van der Waals surface area contributed by atoms with Crippen LogP contribution >= 0.6 is 0 Å². The maximum Gasteiger partial charge on any atom is 0.233 e. The van der Waals surface area contributed by atoms with Gasteiger partial charge in [-0.05, 0) is 29.5 Å². The highest BCUT2D eigenvalue weighted by atomic mass is 28.3. The molecule has 0 aliphatic rings. The summed E-state index contributed by atoms with van der Waals surface area (Å²) in [7, 11) is -2.11. The van der Waals surface area contributed by atoms with Crippen LogP contribution in [0.25, 0.3) is 0 Å². The van der Waals surface area contributed by atoms with Crippen molar-refractivity contribution in [3.05, 3.63) is 67.1 Å². The van der Waals surface area contributed by atoms with Crippen LogP contribution in [0, 0.1) is 0 Å². The molecule has 2 nitrogen and oxygen atoms in total. The predicted molar refractivity (Wildman–Crippen MR) is 74.4 cm³/mol. The average molecular weight is 254 g/mol. The summed E-state index contributed by atoms with van der Waals surface area (Å²) < 4.78 is 11.4. The quantitative estimate of drug-likeness (QED) is 0.668. The standard InChI is InChI=1S/C15H14O2Si/c1-18(14-9-5-11-16-14,15-10-6-12-17-15)13-7-3-2-4-8-13/h2-12H,1H3. The molecule has 0 aliphatic heterocycles. The van der Waals surface area contributed by atoms with Gasteiger partial charge in [-0.15, -0.1) is 0 Å². The van der Waals surface area contributed by atoms with Gasteiger partial charge in [0.15, 0.2) is 0 Å². The fourth-order valence-corrected chi connectivity index (χ4v) is 5.44. The molecule has 90 valence electrons. The fraction of sp³-hybridized carbons (Fsp3) is 0.0667. The van der Waals surface area contributed by atoms with E-state index in [-0.39, 0.29) is 0 Å². The summed E-state index contributed by atoms with van der Waals surface area (Å²) >= 11 is 0. The number of rotatable bonds is 3. The van der Waals surface area contributed by atoms with Gasteiger partial charge >= 0.3 is 0 Å². The number of hydrogen-bond acceptors (Lipinski definition) is 2. The molecule has 18 heavy (non-hydrogen) atoms. The maximum absolute atomic E-state index is 5.68. The Morgan fingerprint density at radius 1 is 0.722 bits per heavy atom. The van der Waals surface area contributed by atoms with Gasteiger partial charge < -0.3 is 8.83 Å². The van der Waals surface area contributed by atoms with Crippen LogP contribution in [0.15, 0.2) is 76.0 Å². The molecule has 0 radical (unpaired) electrons. The molecule has 0 saturated heterocycles. The SMILES string of the molecule is C[Si](c1ccccc1)(c1ccco1)c1ccco1. The number of benzene rings is 1. The van der Waals surface area contributed by atoms with E-state index in [1.807, 2.05) is 30.3 Å². The minimum absolute atomic E-state index is 1.02. The first-order valence-electron chi connectivity index (χ1n) is 5.95. The van der Waals surface area contributed by atoms with Crippen molar-refractivity contribution in [3.8, 4) is 0 Å². The zero-order chi connectivity index (χ0) is 12.4. The molecular formula is C15H14O2Si. The molecule has 3 aromatic rings. The summed E-state index contributed by atoms with van der Waals surface area (Å²) in [5, 5.41) is 3.32. The van der Waals surface area contributed by atoms with Crippen molar-refractivity contribution in [1.29, 1.82) is 0 Å². The first-order valence-corrected chi connectivity index (χ1v) is 8.45. The lowest BCUT2D eigenvalue weighted by Gasteiger charge is -2.22. The topological polar surface area (TPSA) is 26.3 Å². The van der Waals surface area contributed by atoms with Crippen molar-refractivity contribution in [2.45, 2.75) is 6.55 Å². The Morgan fingerprint density at radius 2 is 1.28 bits per heavy atom. The van der Waals surface area contributed by atoms with Crippen LogP contribution in [-0.2, 0) is 0 Å². The predicted octanol–water partition coefficient (Wildman–Crippen LogP) is 1.97. The van der Waals surface area contributed by atoms with Crippen molar-refractivity contribution in [2.75, 3.05) is 0 Å². The van der Waals surface area contributed by atoms with Crippen molar-refractivity contribution < 1.29 is 8.83 Å². The molecule has 0 amide bonds. The van der Waals surface area contributed by atoms with Crippen LogP contribution in [0.3, 0.4) is 0 Å². The van der Waals surface area contributed by atoms with Gasteiger partial charge in [-0.25, -0.2) is 0 Å². The molecule has 1 aromatic carbocycles. The summed E-state index contributed by atoms with van der Waals surface area (Å²) in [5.41, 5.74) is 0. The van der Waals surface area contributed by atoms with Crippen molar-refractivity contribution >= 4 is 24.0 Å². The van der Waals surface area contributed by atoms with E-state index in [9.17, 15) is 0 Å². The molecule has 0 fully saturated rings. The lowest BCUT2D eigenvalue weighted by atomic mass is 10.4. The summed E-state index contributed by atoms with van der Waals surface area (Å²) in [4.78, 5) is 0. The molecule has 2 aromatic heterocycles. The van der Waals surface area contributed by atoms with Gasteiger partial charge in [0.2, 0.25) is 8.07 Å². The third kappa shape index (κ3) is 1.64. The smallest absolute Gasteiger partial charge is 0.233 e. The molecule has 2 heterocycles. The van der Waals surface area contributed by atoms with E-state index >= 15 is 0 Å². The molecule has 0 atom stereocenters. The van der Waals surface area contributed by atoms with Crippen LogP contribution < -0.4 is 16.0 Å². The van der Waals surface area contributed by atoms with Gasteiger partial charge in [-0.1, -0.05) is 36.9 Å². The van der Waals surface area contributed by atoms with Crippen LogP contribution in [0.1, 0.15) is 0 Å². The maximum atomic E-state index is 5.68. The molecule has 3 heteroatoms. The summed E-state index contributed by atoms with van der Waals surface area (Å²) in [5.74, 6) is 0. The molecular weight excluding hydrogens is 240 g/mol. The second-order valence-corrected chi connectivity index (χ2v) is 8.26. The molecule has 0 aliphatic carbocycles. The van der Waals surface area contributed by atoms with E-state index in [0.717, 1.165) is 10.8 Å². The van der Waals surface area contributed by atoms with Crippen molar-refractivity contribution in [2.24, 2.45) is 0 Å². The van der Waals surface area contributed by atoms with E-state index in [0.29, 0.717) is 0 Å². The normalized spacial score (nSPS) is 11.6. The third-order valence-corrected chi connectivity index (χ3v) is 7.41. The van der Waals surface area contributed by atoms with Gasteiger partial charge in [-0.3, -0.25) is 0 Å². The number of furan rings is 2. The van der Waals surface area contributed by atoms with Crippen LogP contribution in [-0.4, -0.2) is 8.07 Å². The van der Waals surface area contributed by atoms with Crippen LogP contribution in [0.2, 0.25) is 6.55 Å². The van der Waals surface area contributed by atoms with Gasteiger partial charge in [0.1, 0.15) is 0 Å². The monoisotopic (exact) mass is 254 g/mol. The molecule has 0 bridgehead atoms. The largest absolute Gasteiger partial charge is 0.473 e. The minimum Gasteiger partial charge on any atom is -0.473 e. The first kappa shape index (κ1) is 11.1. The van der Waals surface area contributed by atoms with E-state index in [1.54, 1.807) is 12.5 Å². The van der Waals surface area contributed by atoms with Crippen molar-refractivity contribution in [1.82, 2.24) is 0 Å². The highest BCUT2D eigenvalue weighted by Gasteiger charge is 2.40. The Balaban J connectivity index is 2.22. The lowest BCUT2D eigenvalue weighted by molar-refractivity contribution is 0.585. The zero-order valence-corrected chi connectivity index (χ0v) is 11.2. The van der Waals surface area contributed by atoms with E-state index in [1.165, 1.54) is 5.19 Å². The van der Waals surface area contributed by atoms with Crippen LogP contribution in [0.5, 0.6) is 0 Å². The highest BCUT2D eigenvalue weighted by molar-refractivity contribution is 7.09. The molecule has 3 rings (SSSR count). The molecule has 0 spiro atoms. The highest BCUT2D eigenvalue weighted by Crippen LogP contribution is 2.07. The second kappa shape index (κ2) is 4.35. The summed E-state index contributed by atoms with van der Waals surface area (Å²) in [6, 6.07) is 18.4. The Hall–Kier alpha value is -2.00. The van der Waals surface area contributed by atoms with Gasteiger partial charge in [0, 0.05) is 0 Å². The first-order chi connectivity index (χ1) is 8.82. The van der Waals surface area contributed by atoms with E-state index in [4.69, 9.17) is 8.83 Å². The Morgan fingerprint density at radius 3 is 1.72 bits per heavy atom. The second-order valence-electron chi connectivity index (χ2n) is 4.45. The summed E-state index contributed by atoms with van der Waals surface area (Å²) in [6.45, 7) is 2.25. The number of hydrogen-bond donors (Lipinski definition) is 0. The van der Waals surface area contributed by atoms with Gasteiger partial charge in [0.05, 0.1) is 23.3 Å². The van der Waals surface area contributed by atoms with E-state index in [2.05, 4.69) is 30.8 Å². The Bertz CT molecular complexity index is 563. The minimum atomic E-state index is -2.11. The van der Waals surface area contributed by atoms with Gasteiger partial charge in [0.25, 0.3) is 0 Å². The molecule has 0 unspecified atom stereocenters. The zero-order valence-electron chi connectivity index (χ0n) is 10.2. The van der Waals surface area contributed by atoms with E-state index < -0.39 is 8.07 Å². The fourth-order valence-electron chi connectivity index (χ4n) is 2.30. The van der Waals surface area contributed by atoms with Gasteiger partial charge in [-0.2, -0.15) is 0 Å². The van der Waals surface area contributed by atoms with Crippen LogP contribution in [0.4, 0.5) is 0 Å². The average Bonchev–Trinajstić information content (AvgIpc) is 3.12. The molecule has 0 N–H and O–H groups in total. The Kier molecular flexibility index (Phi) is 2.68.